The molecule has 0 atom stereocenters. The summed E-state index contributed by atoms with van der Waals surface area (Å²) in [5.41, 5.74) is 4.13. The minimum absolute atomic E-state index is 0.950. The number of para-hydroxylation sites is 2. The lowest BCUT2D eigenvalue weighted by atomic mass is 10.2. The van der Waals surface area contributed by atoms with Crippen molar-refractivity contribution in [3.8, 4) is 0 Å². The Labute approximate surface area is 133 Å². The summed E-state index contributed by atoms with van der Waals surface area (Å²) < 4.78 is 0. The number of benzene rings is 2. The van der Waals surface area contributed by atoms with Crippen molar-refractivity contribution in [3.63, 3.8) is 0 Å². The average Bonchev–Trinajstić information content (AvgIpc) is 3.09. The van der Waals surface area contributed by atoms with Gasteiger partial charge >= 0.3 is 0 Å². The Morgan fingerprint density at radius 1 is 0.652 bits per heavy atom. The number of nitrogens with zero attached hydrogens (tertiary/aromatic N) is 2. The molecule has 0 spiro atoms. The summed E-state index contributed by atoms with van der Waals surface area (Å²) in [6.07, 6.45) is 3.74. The van der Waals surface area contributed by atoms with Gasteiger partial charge in [0.25, 0.3) is 0 Å². The van der Waals surface area contributed by atoms with Crippen molar-refractivity contribution >= 4 is 32.8 Å². The second-order valence-corrected chi connectivity index (χ2v) is 5.29. The Morgan fingerprint density at radius 3 is 2.35 bits per heavy atom. The Morgan fingerprint density at radius 2 is 1.43 bits per heavy atom. The van der Waals surface area contributed by atoms with Crippen LogP contribution in [0.3, 0.4) is 0 Å². The molecule has 0 saturated heterocycles. The Hall–Kier alpha value is -3.20. The van der Waals surface area contributed by atoms with E-state index in [2.05, 4.69) is 45.3 Å². The zero-order chi connectivity index (χ0) is 15.5. The molecule has 5 aromatic rings. The second-order valence-electron chi connectivity index (χ2n) is 5.29. The molecule has 5 rings (SSSR count). The zero-order valence-corrected chi connectivity index (χ0v) is 12.5. The molecule has 0 bridgehead atoms. The molecule has 0 radical (unpaired) electrons. The molecular formula is C20H15N3. The fraction of sp³-hybridized carbons (Fsp3) is 0. The largest absolute Gasteiger partial charge is 0.361 e. The smallest absolute Gasteiger partial charge is 0.0894 e. The molecule has 2 aromatic carbocycles. The van der Waals surface area contributed by atoms with Crippen molar-refractivity contribution in [2.45, 2.75) is 0 Å². The maximum Gasteiger partial charge on any atom is 0.0894 e. The van der Waals surface area contributed by atoms with Crippen LogP contribution in [0.15, 0.2) is 85.2 Å². The third-order valence-corrected chi connectivity index (χ3v) is 3.75. The van der Waals surface area contributed by atoms with Crippen molar-refractivity contribution < 1.29 is 0 Å². The molecule has 0 amide bonds. The summed E-state index contributed by atoms with van der Waals surface area (Å²) in [7, 11) is 0. The minimum atomic E-state index is 0.950. The normalized spacial score (nSPS) is 10.6. The van der Waals surface area contributed by atoms with Crippen LogP contribution in [-0.4, -0.2) is 15.0 Å². The SMILES string of the molecule is c1ccc2[nH]ccc2c1.c1ccc2nc3cccnc3cc2c1. The fourth-order valence-electron chi connectivity index (χ4n) is 2.60. The van der Waals surface area contributed by atoms with Gasteiger partial charge in [-0.3, -0.25) is 4.98 Å². The quantitative estimate of drug-likeness (QED) is 0.411. The summed E-state index contributed by atoms with van der Waals surface area (Å²) in [4.78, 5) is 11.9. The number of nitrogens with one attached hydrogen (secondary N) is 1. The van der Waals surface area contributed by atoms with Crippen LogP contribution in [0.1, 0.15) is 0 Å². The van der Waals surface area contributed by atoms with E-state index in [0.717, 1.165) is 21.9 Å². The number of aromatic amines is 1. The predicted molar refractivity (Wildman–Crippen MR) is 95.3 cm³/mol. The summed E-state index contributed by atoms with van der Waals surface area (Å²) in [6.45, 7) is 0. The number of aromatic nitrogens is 3. The molecule has 110 valence electrons. The lowest BCUT2D eigenvalue weighted by molar-refractivity contribution is 1.38. The number of hydrogen-bond acceptors (Lipinski definition) is 2. The van der Waals surface area contributed by atoms with Crippen molar-refractivity contribution in [2.75, 3.05) is 0 Å². The van der Waals surface area contributed by atoms with E-state index in [1.165, 1.54) is 10.9 Å². The van der Waals surface area contributed by atoms with Crippen LogP contribution in [0.4, 0.5) is 0 Å². The average molecular weight is 297 g/mol. The summed E-state index contributed by atoms with van der Waals surface area (Å²) in [5.74, 6) is 0. The van der Waals surface area contributed by atoms with Gasteiger partial charge in [-0.1, -0.05) is 36.4 Å². The summed E-state index contributed by atoms with van der Waals surface area (Å²) in [5, 5.41) is 2.41. The standard InChI is InChI=1S/C12H8N2.C8H7N/c1-2-5-10-9(4-1)8-12-11(14-10)6-3-7-13-12;1-2-4-8-7(3-1)5-6-9-8/h1-8H;1-6,9H. The molecule has 1 N–H and O–H groups in total. The molecule has 3 nitrogen and oxygen atoms in total. The Balaban J connectivity index is 0.000000130. The second kappa shape index (κ2) is 5.89. The first-order valence-corrected chi connectivity index (χ1v) is 7.53. The first-order valence-electron chi connectivity index (χ1n) is 7.53. The van der Waals surface area contributed by atoms with E-state index in [9.17, 15) is 0 Å². The molecule has 3 heterocycles. The first-order chi connectivity index (χ1) is 11.4. The third-order valence-electron chi connectivity index (χ3n) is 3.75. The molecular weight excluding hydrogens is 282 g/mol. The molecule has 0 unspecified atom stereocenters. The number of hydrogen-bond donors (Lipinski definition) is 1. The number of fused-ring (bicyclic) bond motifs is 3. The maximum atomic E-state index is 4.52. The molecule has 0 fully saturated rings. The number of pyridine rings is 2. The van der Waals surface area contributed by atoms with E-state index < -0.39 is 0 Å². The molecule has 0 saturated carbocycles. The highest BCUT2D eigenvalue weighted by molar-refractivity contribution is 5.90. The van der Waals surface area contributed by atoms with Crippen LogP contribution in [-0.2, 0) is 0 Å². The third kappa shape index (κ3) is 2.77. The van der Waals surface area contributed by atoms with Crippen molar-refractivity contribution in [1.82, 2.24) is 15.0 Å². The van der Waals surface area contributed by atoms with E-state index >= 15 is 0 Å². The first kappa shape index (κ1) is 13.5. The van der Waals surface area contributed by atoms with Crippen LogP contribution in [0.2, 0.25) is 0 Å². The highest BCUT2D eigenvalue weighted by atomic mass is 14.7. The molecule has 0 aliphatic rings. The van der Waals surface area contributed by atoms with Gasteiger partial charge in [0.05, 0.1) is 16.6 Å². The van der Waals surface area contributed by atoms with Crippen molar-refractivity contribution in [3.05, 3.63) is 85.2 Å². The van der Waals surface area contributed by atoms with Crippen molar-refractivity contribution in [2.24, 2.45) is 0 Å². The van der Waals surface area contributed by atoms with Gasteiger partial charge in [0, 0.05) is 23.3 Å². The molecule has 3 heteroatoms. The van der Waals surface area contributed by atoms with Gasteiger partial charge < -0.3 is 4.98 Å². The van der Waals surface area contributed by atoms with Gasteiger partial charge in [-0.05, 0) is 41.8 Å². The van der Waals surface area contributed by atoms with Crippen LogP contribution in [0.25, 0.3) is 32.8 Å². The highest BCUT2D eigenvalue weighted by Crippen LogP contribution is 2.16. The maximum absolute atomic E-state index is 4.52. The van der Waals surface area contributed by atoms with Crippen LogP contribution >= 0.6 is 0 Å². The Kier molecular flexibility index (Phi) is 3.45. The molecule has 0 aliphatic heterocycles. The van der Waals surface area contributed by atoms with E-state index in [4.69, 9.17) is 0 Å². The van der Waals surface area contributed by atoms with Crippen LogP contribution in [0.5, 0.6) is 0 Å². The predicted octanol–water partition coefficient (Wildman–Crippen LogP) is 4.95. The summed E-state index contributed by atoms with van der Waals surface area (Å²) >= 11 is 0. The monoisotopic (exact) mass is 297 g/mol. The molecule has 23 heavy (non-hydrogen) atoms. The van der Waals surface area contributed by atoms with E-state index in [0.29, 0.717) is 0 Å². The van der Waals surface area contributed by atoms with E-state index in [-0.39, 0.29) is 0 Å². The van der Waals surface area contributed by atoms with Gasteiger partial charge in [-0.2, -0.15) is 0 Å². The number of rotatable bonds is 0. The van der Waals surface area contributed by atoms with E-state index in [1.807, 2.05) is 48.7 Å². The van der Waals surface area contributed by atoms with E-state index in [1.54, 1.807) is 6.20 Å². The number of H-pyrrole nitrogens is 1. The molecule has 3 aromatic heterocycles. The summed E-state index contributed by atoms with van der Waals surface area (Å²) in [6, 6.07) is 24.3. The lowest BCUT2D eigenvalue weighted by Crippen LogP contribution is -1.83. The van der Waals surface area contributed by atoms with Gasteiger partial charge in [0.2, 0.25) is 0 Å². The van der Waals surface area contributed by atoms with Gasteiger partial charge in [0.1, 0.15) is 0 Å². The highest BCUT2D eigenvalue weighted by Gasteiger charge is 1.97. The zero-order valence-electron chi connectivity index (χ0n) is 12.5. The van der Waals surface area contributed by atoms with Crippen LogP contribution < -0.4 is 0 Å². The minimum Gasteiger partial charge on any atom is -0.361 e. The van der Waals surface area contributed by atoms with Crippen molar-refractivity contribution in [1.29, 1.82) is 0 Å². The topological polar surface area (TPSA) is 41.6 Å². The van der Waals surface area contributed by atoms with Crippen LogP contribution in [0, 0.1) is 0 Å². The van der Waals surface area contributed by atoms with Gasteiger partial charge in [0.15, 0.2) is 0 Å². The molecule has 0 aliphatic carbocycles. The Bertz CT molecular complexity index is 944. The lowest BCUT2D eigenvalue weighted by Gasteiger charge is -1.99. The van der Waals surface area contributed by atoms with Gasteiger partial charge in [-0.15, -0.1) is 0 Å². The fourth-order valence-corrected chi connectivity index (χ4v) is 2.60. The van der Waals surface area contributed by atoms with Gasteiger partial charge in [-0.25, -0.2) is 4.98 Å².